The highest BCUT2D eigenvalue weighted by molar-refractivity contribution is 5.92. The molecule has 7 nitrogen and oxygen atoms in total. The van der Waals surface area contributed by atoms with Crippen molar-refractivity contribution < 1.29 is 14.3 Å². The van der Waals surface area contributed by atoms with Gasteiger partial charge in [-0.2, -0.15) is 5.10 Å². The molecule has 2 rings (SSSR count). The normalized spacial score (nSPS) is 19.0. The minimum atomic E-state index is -0.312. The van der Waals surface area contributed by atoms with E-state index in [0.717, 1.165) is 31.5 Å². The number of aryl methyl sites for hydroxylation is 2. The summed E-state index contributed by atoms with van der Waals surface area (Å²) in [5, 5.41) is 7.03. The number of nitrogens with zero attached hydrogens (tertiary/aromatic N) is 3. The van der Waals surface area contributed by atoms with Gasteiger partial charge in [0.15, 0.2) is 0 Å². The Balaban J connectivity index is 1.96. The second-order valence-corrected chi connectivity index (χ2v) is 5.58. The maximum Gasteiger partial charge on any atom is 0.323 e. The van der Waals surface area contributed by atoms with Crippen molar-refractivity contribution in [1.82, 2.24) is 14.7 Å². The molecule has 1 amide bonds. The standard InChI is InChI=1S/C15H24N4O3/c1-4-22-15(21)12-7-5-6-8-19(12)10-14(20)16-13-9-11(2)17-18(13)3/h9,12H,4-8,10H2,1-3H3,(H,16,20). The van der Waals surface area contributed by atoms with Crippen molar-refractivity contribution in [3.63, 3.8) is 0 Å². The molecule has 1 saturated heterocycles. The van der Waals surface area contributed by atoms with Crippen LogP contribution in [0.25, 0.3) is 0 Å². The van der Waals surface area contributed by atoms with Crippen LogP contribution in [0.4, 0.5) is 5.82 Å². The van der Waals surface area contributed by atoms with E-state index in [2.05, 4.69) is 10.4 Å². The Labute approximate surface area is 130 Å². The van der Waals surface area contributed by atoms with Crippen molar-refractivity contribution in [2.45, 2.75) is 39.2 Å². The van der Waals surface area contributed by atoms with E-state index in [9.17, 15) is 9.59 Å². The number of aromatic nitrogens is 2. The van der Waals surface area contributed by atoms with Gasteiger partial charge in [0.1, 0.15) is 11.9 Å². The lowest BCUT2D eigenvalue weighted by molar-refractivity contribution is -0.151. The summed E-state index contributed by atoms with van der Waals surface area (Å²) in [4.78, 5) is 26.1. The number of likely N-dealkylation sites (tertiary alicyclic amines) is 1. The Kier molecular flexibility index (Phi) is 5.54. The molecular weight excluding hydrogens is 284 g/mol. The average Bonchev–Trinajstić information content (AvgIpc) is 2.77. The summed E-state index contributed by atoms with van der Waals surface area (Å²) in [6, 6.07) is 1.50. The quantitative estimate of drug-likeness (QED) is 0.824. The van der Waals surface area contributed by atoms with E-state index in [1.54, 1.807) is 18.7 Å². The molecule has 0 saturated carbocycles. The van der Waals surface area contributed by atoms with Crippen molar-refractivity contribution in [2.24, 2.45) is 7.05 Å². The van der Waals surface area contributed by atoms with Gasteiger partial charge in [-0.3, -0.25) is 19.2 Å². The lowest BCUT2D eigenvalue weighted by atomic mass is 10.0. The van der Waals surface area contributed by atoms with Crippen LogP contribution in [-0.2, 0) is 21.4 Å². The number of ether oxygens (including phenoxy) is 1. The largest absolute Gasteiger partial charge is 0.465 e. The van der Waals surface area contributed by atoms with Gasteiger partial charge in [0, 0.05) is 13.1 Å². The Bertz CT molecular complexity index is 541. The number of hydrogen-bond acceptors (Lipinski definition) is 5. The molecule has 1 unspecified atom stereocenters. The Morgan fingerprint density at radius 2 is 2.23 bits per heavy atom. The number of hydrogen-bond donors (Lipinski definition) is 1. The molecule has 2 heterocycles. The maximum absolute atomic E-state index is 12.2. The Morgan fingerprint density at radius 1 is 1.45 bits per heavy atom. The van der Waals surface area contributed by atoms with Crippen LogP contribution in [0.2, 0.25) is 0 Å². The Hall–Kier alpha value is -1.89. The smallest absolute Gasteiger partial charge is 0.323 e. The van der Waals surface area contributed by atoms with Crippen molar-refractivity contribution in [1.29, 1.82) is 0 Å². The van der Waals surface area contributed by atoms with Gasteiger partial charge in [-0.25, -0.2) is 0 Å². The molecule has 0 aromatic carbocycles. The van der Waals surface area contributed by atoms with E-state index in [1.807, 2.05) is 17.9 Å². The number of rotatable bonds is 5. The first-order valence-electron chi connectivity index (χ1n) is 7.72. The molecule has 1 aliphatic heterocycles. The third-order valence-corrected chi connectivity index (χ3v) is 3.79. The third-order valence-electron chi connectivity index (χ3n) is 3.79. The molecule has 1 aromatic heterocycles. The van der Waals surface area contributed by atoms with Gasteiger partial charge in [-0.05, 0) is 33.2 Å². The number of amides is 1. The summed E-state index contributed by atoms with van der Waals surface area (Å²) in [5.74, 6) is 0.290. The molecule has 1 N–H and O–H groups in total. The number of anilines is 1. The molecule has 22 heavy (non-hydrogen) atoms. The van der Waals surface area contributed by atoms with E-state index in [1.165, 1.54) is 0 Å². The lowest BCUT2D eigenvalue weighted by Crippen LogP contribution is -2.48. The van der Waals surface area contributed by atoms with Gasteiger partial charge in [0.25, 0.3) is 0 Å². The molecule has 0 bridgehead atoms. The zero-order chi connectivity index (χ0) is 16.1. The summed E-state index contributed by atoms with van der Waals surface area (Å²) >= 11 is 0. The van der Waals surface area contributed by atoms with Crippen LogP contribution in [0.15, 0.2) is 6.07 Å². The first kappa shape index (κ1) is 16.5. The zero-order valence-electron chi connectivity index (χ0n) is 13.5. The Morgan fingerprint density at radius 3 is 2.86 bits per heavy atom. The third kappa shape index (κ3) is 4.07. The monoisotopic (exact) mass is 308 g/mol. The number of carbonyl (C=O) groups excluding carboxylic acids is 2. The van der Waals surface area contributed by atoms with Crippen LogP contribution in [0.5, 0.6) is 0 Å². The molecule has 122 valence electrons. The molecule has 0 aliphatic carbocycles. The average molecular weight is 308 g/mol. The highest BCUT2D eigenvalue weighted by Gasteiger charge is 2.31. The van der Waals surface area contributed by atoms with Gasteiger partial charge < -0.3 is 10.1 Å². The van der Waals surface area contributed by atoms with Crippen LogP contribution in [-0.4, -0.2) is 52.3 Å². The second-order valence-electron chi connectivity index (χ2n) is 5.58. The summed E-state index contributed by atoms with van der Waals surface area (Å²) in [7, 11) is 1.78. The summed E-state index contributed by atoms with van der Waals surface area (Å²) in [6.07, 6.45) is 2.73. The van der Waals surface area contributed by atoms with E-state index in [4.69, 9.17) is 4.74 Å². The number of nitrogens with one attached hydrogen (secondary N) is 1. The molecule has 7 heteroatoms. The fourth-order valence-electron chi connectivity index (χ4n) is 2.78. The molecule has 0 radical (unpaired) electrons. The number of esters is 1. The number of carbonyl (C=O) groups is 2. The molecule has 1 fully saturated rings. The summed E-state index contributed by atoms with van der Waals surface area (Å²) in [6.45, 7) is 4.96. The predicted octanol–water partition coefficient (Wildman–Crippen LogP) is 1.08. The molecular formula is C15H24N4O3. The highest BCUT2D eigenvalue weighted by Crippen LogP contribution is 2.18. The van der Waals surface area contributed by atoms with Crippen molar-refractivity contribution in [2.75, 3.05) is 25.0 Å². The van der Waals surface area contributed by atoms with Gasteiger partial charge in [0.05, 0.1) is 18.8 Å². The van der Waals surface area contributed by atoms with Crippen LogP contribution in [0.1, 0.15) is 31.9 Å². The zero-order valence-corrected chi connectivity index (χ0v) is 13.5. The van der Waals surface area contributed by atoms with E-state index < -0.39 is 0 Å². The van der Waals surface area contributed by atoms with Crippen molar-refractivity contribution in [3.8, 4) is 0 Å². The lowest BCUT2D eigenvalue weighted by Gasteiger charge is -2.33. The maximum atomic E-state index is 12.2. The minimum absolute atomic E-state index is 0.140. The summed E-state index contributed by atoms with van der Waals surface area (Å²) < 4.78 is 6.74. The topological polar surface area (TPSA) is 76.5 Å². The first-order valence-corrected chi connectivity index (χ1v) is 7.72. The predicted molar refractivity (Wildman–Crippen MR) is 82.4 cm³/mol. The van der Waals surface area contributed by atoms with Crippen LogP contribution < -0.4 is 5.32 Å². The van der Waals surface area contributed by atoms with Gasteiger partial charge >= 0.3 is 5.97 Å². The molecule has 1 aromatic rings. The summed E-state index contributed by atoms with van der Waals surface area (Å²) in [5.41, 5.74) is 0.847. The van der Waals surface area contributed by atoms with Gasteiger partial charge in [0.2, 0.25) is 5.91 Å². The highest BCUT2D eigenvalue weighted by atomic mass is 16.5. The van der Waals surface area contributed by atoms with E-state index in [-0.39, 0.29) is 24.5 Å². The van der Waals surface area contributed by atoms with Gasteiger partial charge in [-0.1, -0.05) is 6.42 Å². The van der Waals surface area contributed by atoms with Crippen molar-refractivity contribution >= 4 is 17.7 Å². The SMILES string of the molecule is CCOC(=O)C1CCCCN1CC(=O)Nc1cc(C)nn1C. The molecule has 1 aliphatic rings. The fourth-order valence-corrected chi connectivity index (χ4v) is 2.78. The van der Waals surface area contributed by atoms with Gasteiger partial charge in [-0.15, -0.1) is 0 Å². The van der Waals surface area contributed by atoms with Crippen LogP contribution >= 0.6 is 0 Å². The van der Waals surface area contributed by atoms with E-state index in [0.29, 0.717) is 12.4 Å². The second kappa shape index (κ2) is 7.40. The molecule has 0 spiro atoms. The van der Waals surface area contributed by atoms with Crippen LogP contribution in [0.3, 0.4) is 0 Å². The first-order chi connectivity index (χ1) is 10.5. The van der Waals surface area contributed by atoms with E-state index >= 15 is 0 Å². The minimum Gasteiger partial charge on any atom is -0.465 e. The van der Waals surface area contributed by atoms with Crippen LogP contribution in [0, 0.1) is 6.92 Å². The van der Waals surface area contributed by atoms with Crippen molar-refractivity contribution in [3.05, 3.63) is 11.8 Å². The number of piperidine rings is 1. The molecule has 1 atom stereocenters. The fraction of sp³-hybridized carbons (Fsp3) is 0.667.